The molecule has 7 heteroatoms. The molecule has 0 aliphatic rings. The van der Waals surface area contributed by atoms with Crippen molar-refractivity contribution in [3.63, 3.8) is 0 Å². The molecule has 0 saturated heterocycles. The minimum Gasteiger partial charge on any atom is -0.361 e. The summed E-state index contributed by atoms with van der Waals surface area (Å²) < 4.78 is 7.71. The van der Waals surface area contributed by atoms with Gasteiger partial charge in [-0.15, -0.1) is 0 Å². The summed E-state index contributed by atoms with van der Waals surface area (Å²) in [5.41, 5.74) is 2.10. The molecule has 0 N–H and O–H groups in total. The molecular weight excluding hydrogens is 278 g/mol. The van der Waals surface area contributed by atoms with Gasteiger partial charge in [-0.05, 0) is 13.8 Å². The van der Waals surface area contributed by atoms with Crippen molar-refractivity contribution in [2.45, 2.75) is 25.4 Å². The van der Waals surface area contributed by atoms with Gasteiger partial charge in [-0.3, -0.25) is 13.9 Å². The van der Waals surface area contributed by atoms with Crippen LogP contribution >= 0.6 is 11.8 Å². The molecule has 0 aliphatic heterocycles. The first-order valence-electron chi connectivity index (χ1n) is 6.17. The predicted molar refractivity (Wildman–Crippen MR) is 77.9 cm³/mol. The van der Waals surface area contributed by atoms with Crippen molar-refractivity contribution in [1.82, 2.24) is 14.3 Å². The third kappa shape index (κ3) is 2.72. The van der Waals surface area contributed by atoms with Crippen LogP contribution in [0.2, 0.25) is 0 Å². The van der Waals surface area contributed by atoms with E-state index in [2.05, 4.69) is 5.16 Å². The quantitative estimate of drug-likeness (QED) is 0.845. The standard InChI is InChI=1S/C13H17N3O3S/c1-8-11(9(2)19-14-8)7-20-6-10-5-12(17)16(4)13(18)15(10)3/h5H,6-7H2,1-4H3. The SMILES string of the molecule is Cc1noc(C)c1CSCc1cc(=O)n(C)c(=O)n1C. The molecule has 0 unspecified atom stereocenters. The zero-order valence-electron chi connectivity index (χ0n) is 12.0. The molecule has 108 valence electrons. The minimum atomic E-state index is -0.301. The summed E-state index contributed by atoms with van der Waals surface area (Å²) in [5.74, 6) is 2.14. The van der Waals surface area contributed by atoms with Crippen LogP contribution < -0.4 is 11.2 Å². The topological polar surface area (TPSA) is 70.0 Å². The Hall–Kier alpha value is -1.76. The van der Waals surface area contributed by atoms with Crippen LogP contribution in [-0.4, -0.2) is 14.3 Å². The van der Waals surface area contributed by atoms with E-state index in [1.165, 1.54) is 17.7 Å². The van der Waals surface area contributed by atoms with Crippen LogP contribution in [0.1, 0.15) is 22.7 Å². The van der Waals surface area contributed by atoms with Crippen molar-refractivity contribution in [3.8, 4) is 0 Å². The van der Waals surface area contributed by atoms with E-state index in [1.807, 2.05) is 13.8 Å². The molecule has 0 radical (unpaired) electrons. The van der Waals surface area contributed by atoms with E-state index < -0.39 is 0 Å². The van der Waals surface area contributed by atoms with E-state index in [9.17, 15) is 9.59 Å². The Kier molecular flexibility index (Phi) is 4.17. The Bertz CT molecular complexity index is 723. The highest BCUT2D eigenvalue weighted by atomic mass is 32.2. The monoisotopic (exact) mass is 295 g/mol. The van der Waals surface area contributed by atoms with E-state index in [1.54, 1.807) is 18.8 Å². The van der Waals surface area contributed by atoms with Gasteiger partial charge in [0.05, 0.1) is 5.69 Å². The number of nitrogens with zero attached hydrogens (tertiary/aromatic N) is 3. The first kappa shape index (κ1) is 14.6. The molecule has 0 atom stereocenters. The van der Waals surface area contributed by atoms with Crippen LogP contribution in [0.3, 0.4) is 0 Å². The van der Waals surface area contributed by atoms with Gasteiger partial charge in [0.1, 0.15) is 5.76 Å². The van der Waals surface area contributed by atoms with E-state index in [0.717, 1.165) is 33.0 Å². The summed E-state index contributed by atoms with van der Waals surface area (Å²) in [6.07, 6.45) is 0. The average molecular weight is 295 g/mol. The highest BCUT2D eigenvalue weighted by molar-refractivity contribution is 7.97. The molecule has 0 fully saturated rings. The maximum absolute atomic E-state index is 11.8. The normalized spacial score (nSPS) is 11.0. The van der Waals surface area contributed by atoms with Crippen LogP contribution in [0.5, 0.6) is 0 Å². The van der Waals surface area contributed by atoms with Crippen LogP contribution in [0, 0.1) is 13.8 Å². The van der Waals surface area contributed by atoms with Crippen molar-refractivity contribution in [1.29, 1.82) is 0 Å². The lowest BCUT2D eigenvalue weighted by Crippen LogP contribution is -2.37. The van der Waals surface area contributed by atoms with Gasteiger partial charge in [0.2, 0.25) is 0 Å². The molecule has 0 amide bonds. The maximum atomic E-state index is 11.8. The average Bonchev–Trinajstić information content (AvgIpc) is 2.73. The second-order valence-electron chi connectivity index (χ2n) is 4.67. The van der Waals surface area contributed by atoms with E-state index in [4.69, 9.17) is 4.52 Å². The number of hydrogen-bond acceptors (Lipinski definition) is 5. The zero-order chi connectivity index (χ0) is 14.9. The number of thioether (sulfide) groups is 1. The number of aryl methyl sites for hydroxylation is 2. The van der Waals surface area contributed by atoms with Crippen molar-refractivity contribution in [2.24, 2.45) is 14.1 Å². The van der Waals surface area contributed by atoms with Crippen molar-refractivity contribution in [2.75, 3.05) is 0 Å². The van der Waals surface area contributed by atoms with Crippen LogP contribution in [-0.2, 0) is 25.6 Å². The van der Waals surface area contributed by atoms with Crippen LogP contribution in [0.15, 0.2) is 20.2 Å². The Morgan fingerprint density at radius 3 is 2.50 bits per heavy atom. The van der Waals surface area contributed by atoms with Crippen LogP contribution in [0.25, 0.3) is 0 Å². The molecule has 20 heavy (non-hydrogen) atoms. The predicted octanol–water partition coefficient (Wildman–Crippen LogP) is 1.12. The second-order valence-corrected chi connectivity index (χ2v) is 5.66. The summed E-state index contributed by atoms with van der Waals surface area (Å²) in [5, 5.41) is 3.90. The number of rotatable bonds is 4. The molecule has 2 aromatic rings. The van der Waals surface area contributed by atoms with Gasteiger partial charge >= 0.3 is 5.69 Å². The van der Waals surface area contributed by atoms with Gasteiger partial charge in [-0.1, -0.05) is 5.16 Å². The highest BCUT2D eigenvalue weighted by Gasteiger charge is 2.10. The molecule has 2 aromatic heterocycles. The first-order valence-corrected chi connectivity index (χ1v) is 7.32. The molecule has 2 rings (SSSR count). The Morgan fingerprint density at radius 2 is 1.90 bits per heavy atom. The smallest absolute Gasteiger partial charge is 0.330 e. The lowest BCUT2D eigenvalue weighted by atomic mass is 10.2. The summed E-state index contributed by atoms with van der Waals surface area (Å²) in [6, 6.07) is 1.50. The minimum absolute atomic E-state index is 0.277. The molecule has 2 heterocycles. The summed E-state index contributed by atoms with van der Waals surface area (Å²) in [7, 11) is 3.15. The molecule has 0 bridgehead atoms. The highest BCUT2D eigenvalue weighted by Crippen LogP contribution is 2.21. The van der Waals surface area contributed by atoms with E-state index in [-0.39, 0.29) is 11.2 Å². The van der Waals surface area contributed by atoms with Crippen molar-refractivity contribution in [3.05, 3.63) is 49.6 Å². The number of hydrogen-bond donors (Lipinski definition) is 0. The fourth-order valence-electron chi connectivity index (χ4n) is 1.88. The Labute approximate surface area is 120 Å². The Morgan fingerprint density at radius 1 is 1.20 bits per heavy atom. The molecule has 6 nitrogen and oxygen atoms in total. The van der Waals surface area contributed by atoms with Gasteiger partial charge < -0.3 is 4.52 Å². The summed E-state index contributed by atoms with van der Waals surface area (Å²) in [4.78, 5) is 23.4. The summed E-state index contributed by atoms with van der Waals surface area (Å²) in [6.45, 7) is 3.78. The third-order valence-corrected chi connectivity index (χ3v) is 4.30. The Balaban J connectivity index is 2.13. The molecular formula is C13H17N3O3S. The van der Waals surface area contributed by atoms with Crippen LogP contribution in [0.4, 0.5) is 0 Å². The molecule has 0 saturated carbocycles. The maximum Gasteiger partial charge on any atom is 0.330 e. The van der Waals surface area contributed by atoms with Crippen molar-refractivity contribution < 1.29 is 4.52 Å². The van der Waals surface area contributed by atoms with Gasteiger partial charge in [0.15, 0.2) is 0 Å². The van der Waals surface area contributed by atoms with Gasteiger partial charge in [-0.2, -0.15) is 11.8 Å². The first-order chi connectivity index (χ1) is 9.41. The lowest BCUT2D eigenvalue weighted by molar-refractivity contribution is 0.392. The lowest BCUT2D eigenvalue weighted by Gasteiger charge is -2.09. The third-order valence-electron chi connectivity index (χ3n) is 3.30. The second kappa shape index (κ2) is 5.70. The van der Waals surface area contributed by atoms with Gasteiger partial charge in [-0.25, -0.2) is 4.79 Å². The summed E-state index contributed by atoms with van der Waals surface area (Å²) >= 11 is 1.62. The van der Waals surface area contributed by atoms with E-state index in [0.29, 0.717) is 5.75 Å². The van der Waals surface area contributed by atoms with Crippen molar-refractivity contribution >= 4 is 11.8 Å². The zero-order valence-corrected chi connectivity index (χ0v) is 12.8. The fourth-order valence-corrected chi connectivity index (χ4v) is 3.09. The fraction of sp³-hybridized carbons (Fsp3) is 0.462. The van der Waals surface area contributed by atoms with Gasteiger partial charge in [0, 0.05) is 42.9 Å². The van der Waals surface area contributed by atoms with Gasteiger partial charge in [0.25, 0.3) is 5.56 Å². The van der Waals surface area contributed by atoms with E-state index >= 15 is 0 Å². The molecule has 0 aliphatic carbocycles. The number of aromatic nitrogens is 3. The molecule has 0 aromatic carbocycles. The molecule has 0 spiro atoms. The largest absolute Gasteiger partial charge is 0.361 e.